The number of nitrogens with two attached hydrogens (primary N) is 1. The zero-order valence-electron chi connectivity index (χ0n) is 15.7. The van der Waals surface area contributed by atoms with Gasteiger partial charge in [0, 0.05) is 36.8 Å². The van der Waals surface area contributed by atoms with Crippen molar-refractivity contribution in [3.8, 4) is 5.75 Å². The Balaban J connectivity index is 0.00000280. The second-order valence-corrected chi connectivity index (χ2v) is 6.58. The summed E-state index contributed by atoms with van der Waals surface area (Å²) in [5.41, 5.74) is 6.84. The number of amides is 2. The van der Waals surface area contributed by atoms with Gasteiger partial charge in [0.05, 0.1) is 0 Å². The lowest BCUT2D eigenvalue weighted by Crippen LogP contribution is -2.41. The van der Waals surface area contributed by atoms with E-state index in [9.17, 15) is 9.59 Å². The highest BCUT2D eigenvalue weighted by Crippen LogP contribution is 2.22. The van der Waals surface area contributed by atoms with Crippen LogP contribution in [-0.4, -0.2) is 43.0 Å². The molecule has 2 aromatic carbocycles. The molecule has 0 bridgehead atoms. The summed E-state index contributed by atoms with van der Waals surface area (Å²) in [5, 5.41) is 2.95. The van der Waals surface area contributed by atoms with Gasteiger partial charge >= 0.3 is 0 Å². The lowest BCUT2D eigenvalue weighted by Gasteiger charge is -2.31. The molecule has 2 aromatic rings. The summed E-state index contributed by atoms with van der Waals surface area (Å²) in [7, 11) is 0. The fraction of sp³-hybridized carbons (Fsp3) is 0.333. The number of piperidine rings is 1. The fourth-order valence-electron chi connectivity index (χ4n) is 3.16. The van der Waals surface area contributed by atoms with Gasteiger partial charge in [0.1, 0.15) is 12.4 Å². The number of ether oxygens (including phenoxy) is 1. The maximum absolute atomic E-state index is 12.5. The number of anilines is 1. The number of halogens is 1. The molecule has 0 aliphatic carbocycles. The van der Waals surface area contributed by atoms with Gasteiger partial charge in [-0.25, -0.2) is 0 Å². The topological polar surface area (TPSA) is 84.7 Å². The highest BCUT2D eigenvalue weighted by Gasteiger charge is 2.27. The van der Waals surface area contributed by atoms with Crippen LogP contribution in [0.4, 0.5) is 5.69 Å². The van der Waals surface area contributed by atoms with Gasteiger partial charge in [0.25, 0.3) is 5.91 Å². The molecule has 1 heterocycles. The van der Waals surface area contributed by atoms with E-state index in [1.807, 2.05) is 59.5 Å². The summed E-state index contributed by atoms with van der Waals surface area (Å²) in [6, 6.07) is 16.5. The molecule has 6 nitrogen and oxygen atoms in total. The van der Waals surface area contributed by atoms with Crippen molar-refractivity contribution in [1.82, 2.24) is 4.90 Å². The van der Waals surface area contributed by atoms with Crippen molar-refractivity contribution in [2.24, 2.45) is 11.7 Å². The van der Waals surface area contributed by atoms with Gasteiger partial charge in [-0.3, -0.25) is 9.59 Å². The van der Waals surface area contributed by atoms with Crippen molar-refractivity contribution in [2.45, 2.75) is 12.8 Å². The fourth-order valence-corrected chi connectivity index (χ4v) is 3.16. The van der Waals surface area contributed by atoms with Crippen LogP contribution in [-0.2, 0) is 4.79 Å². The zero-order valence-corrected chi connectivity index (χ0v) is 16.5. The van der Waals surface area contributed by atoms with Crippen molar-refractivity contribution in [2.75, 3.05) is 31.6 Å². The molecule has 150 valence electrons. The first-order valence-corrected chi connectivity index (χ1v) is 9.25. The second kappa shape index (κ2) is 10.7. The largest absolute Gasteiger partial charge is 0.492 e. The van der Waals surface area contributed by atoms with Gasteiger partial charge in [0.2, 0.25) is 5.91 Å². The number of rotatable bonds is 6. The smallest absolute Gasteiger partial charge is 0.253 e. The average molecular weight is 404 g/mol. The van der Waals surface area contributed by atoms with Crippen molar-refractivity contribution >= 4 is 29.9 Å². The number of benzene rings is 2. The highest BCUT2D eigenvalue weighted by molar-refractivity contribution is 5.95. The van der Waals surface area contributed by atoms with E-state index in [2.05, 4.69) is 5.32 Å². The number of carbonyl (C=O) groups excluding carboxylic acids is 2. The minimum atomic E-state index is -0.0852. The molecule has 2 amide bonds. The third-order valence-electron chi connectivity index (χ3n) is 4.68. The monoisotopic (exact) mass is 403 g/mol. The molecular formula is C21H26ClN3O3. The van der Waals surface area contributed by atoms with Crippen LogP contribution in [0.1, 0.15) is 23.2 Å². The number of hydrogen-bond acceptors (Lipinski definition) is 4. The summed E-state index contributed by atoms with van der Waals surface area (Å²) in [4.78, 5) is 26.8. The summed E-state index contributed by atoms with van der Waals surface area (Å²) in [6.07, 6.45) is 1.34. The third-order valence-corrected chi connectivity index (χ3v) is 4.68. The Morgan fingerprint density at radius 3 is 2.29 bits per heavy atom. The van der Waals surface area contributed by atoms with E-state index in [-0.39, 0.29) is 30.1 Å². The minimum absolute atomic E-state index is 0. The summed E-state index contributed by atoms with van der Waals surface area (Å²) >= 11 is 0. The molecular weight excluding hydrogens is 378 g/mol. The Kier molecular flexibility index (Phi) is 8.29. The predicted molar refractivity (Wildman–Crippen MR) is 112 cm³/mol. The Morgan fingerprint density at radius 1 is 1.04 bits per heavy atom. The van der Waals surface area contributed by atoms with Gasteiger partial charge in [-0.05, 0) is 49.2 Å². The number of nitrogens with zero attached hydrogens (tertiary/aromatic N) is 1. The first-order valence-electron chi connectivity index (χ1n) is 9.25. The maximum Gasteiger partial charge on any atom is 0.253 e. The van der Waals surface area contributed by atoms with Crippen molar-refractivity contribution in [1.29, 1.82) is 0 Å². The quantitative estimate of drug-likeness (QED) is 0.776. The molecule has 1 saturated heterocycles. The molecule has 3 rings (SSSR count). The van der Waals surface area contributed by atoms with Crippen LogP contribution < -0.4 is 15.8 Å². The van der Waals surface area contributed by atoms with Crippen LogP contribution in [0.15, 0.2) is 54.6 Å². The van der Waals surface area contributed by atoms with Crippen molar-refractivity contribution in [3.05, 3.63) is 60.2 Å². The Hall–Kier alpha value is -2.57. The van der Waals surface area contributed by atoms with Crippen molar-refractivity contribution in [3.63, 3.8) is 0 Å². The van der Waals surface area contributed by atoms with Crippen LogP contribution in [0.25, 0.3) is 0 Å². The second-order valence-electron chi connectivity index (χ2n) is 6.58. The normalized spacial score (nSPS) is 14.1. The summed E-state index contributed by atoms with van der Waals surface area (Å²) < 4.78 is 5.43. The lowest BCUT2D eigenvalue weighted by atomic mass is 9.95. The molecule has 0 aromatic heterocycles. The Bertz CT molecular complexity index is 760. The van der Waals surface area contributed by atoms with E-state index in [4.69, 9.17) is 10.5 Å². The number of likely N-dealkylation sites (tertiary alicyclic amines) is 1. The average Bonchev–Trinajstić information content (AvgIpc) is 2.73. The standard InChI is InChI=1S/C21H25N3O3.ClH/c22-12-15-27-19-8-6-18(7-9-19)23-20(25)16-10-13-24(14-11-16)21(26)17-4-2-1-3-5-17;/h1-9,16H,10-15,22H2,(H,23,25);1H. The summed E-state index contributed by atoms with van der Waals surface area (Å²) in [5.74, 6) is 0.670. The molecule has 0 atom stereocenters. The molecule has 1 aliphatic heterocycles. The molecule has 0 radical (unpaired) electrons. The van der Waals surface area contributed by atoms with Crippen LogP contribution in [0.3, 0.4) is 0 Å². The van der Waals surface area contributed by atoms with E-state index < -0.39 is 0 Å². The molecule has 7 heteroatoms. The van der Waals surface area contributed by atoms with Crippen LogP contribution in [0.5, 0.6) is 5.75 Å². The SMILES string of the molecule is Cl.NCCOc1ccc(NC(=O)C2CCN(C(=O)c3ccccc3)CC2)cc1. The van der Waals surface area contributed by atoms with Crippen LogP contribution >= 0.6 is 12.4 Å². The zero-order chi connectivity index (χ0) is 19.1. The van der Waals surface area contributed by atoms with E-state index in [0.717, 1.165) is 11.4 Å². The lowest BCUT2D eigenvalue weighted by molar-refractivity contribution is -0.121. The van der Waals surface area contributed by atoms with Gasteiger partial charge in [0.15, 0.2) is 0 Å². The molecule has 1 aliphatic rings. The van der Waals surface area contributed by atoms with Crippen molar-refractivity contribution < 1.29 is 14.3 Å². The first-order chi connectivity index (χ1) is 13.2. The van der Waals surface area contributed by atoms with E-state index in [1.54, 1.807) is 0 Å². The minimum Gasteiger partial charge on any atom is -0.492 e. The van der Waals surface area contributed by atoms with Crippen LogP contribution in [0.2, 0.25) is 0 Å². The molecule has 1 fully saturated rings. The van der Waals surface area contributed by atoms with Gasteiger partial charge in [-0.2, -0.15) is 0 Å². The number of hydrogen-bond donors (Lipinski definition) is 2. The highest BCUT2D eigenvalue weighted by atomic mass is 35.5. The molecule has 0 saturated carbocycles. The van der Waals surface area contributed by atoms with Gasteiger partial charge < -0.3 is 20.7 Å². The Labute approximate surface area is 171 Å². The van der Waals surface area contributed by atoms with Crippen LogP contribution in [0, 0.1) is 5.92 Å². The van der Waals surface area contributed by atoms with E-state index in [0.29, 0.717) is 44.6 Å². The maximum atomic E-state index is 12.5. The number of carbonyl (C=O) groups is 2. The van der Waals surface area contributed by atoms with E-state index >= 15 is 0 Å². The first kappa shape index (κ1) is 21.7. The molecule has 0 unspecified atom stereocenters. The van der Waals surface area contributed by atoms with E-state index in [1.165, 1.54) is 0 Å². The van der Waals surface area contributed by atoms with Gasteiger partial charge in [-0.15, -0.1) is 12.4 Å². The summed E-state index contributed by atoms with van der Waals surface area (Å²) in [6.45, 7) is 2.12. The van der Waals surface area contributed by atoms with Gasteiger partial charge in [-0.1, -0.05) is 18.2 Å². The third kappa shape index (κ3) is 5.71. The molecule has 0 spiro atoms. The molecule has 3 N–H and O–H groups in total. The number of nitrogens with one attached hydrogen (secondary N) is 1. The Morgan fingerprint density at radius 2 is 1.68 bits per heavy atom. The molecule has 28 heavy (non-hydrogen) atoms. The predicted octanol–water partition coefficient (Wildman–Crippen LogP) is 2.94.